The number of carbonyl (C=O) groups excluding carboxylic acids is 1. The van der Waals surface area contributed by atoms with Gasteiger partial charge in [0.25, 0.3) is 0 Å². The Morgan fingerprint density at radius 2 is 2.05 bits per heavy atom. The third kappa shape index (κ3) is 3.94. The lowest BCUT2D eigenvalue weighted by Crippen LogP contribution is -2.40. The molecule has 1 aliphatic carbocycles. The number of benzene rings is 1. The molecule has 2 amide bonds. The molecule has 1 fully saturated rings. The zero-order valence-electron chi connectivity index (χ0n) is 9.90. The molecular formula is C12H12Br2N2O3. The Hall–Kier alpha value is -1.08. The van der Waals surface area contributed by atoms with Gasteiger partial charge in [-0.05, 0) is 47.0 Å². The lowest BCUT2D eigenvalue weighted by Gasteiger charge is -2.21. The minimum atomic E-state index is -1.00. The highest BCUT2D eigenvalue weighted by molar-refractivity contribution is 9.11. The van der Waals surface area contributed by atoms with Crippen molar-refractivity contribution in [3.8, 4) is 0 Å². The maximum absolute atomic E-state index is 12.1. The lowest BCUT2D eigenvalue weighted by atomic mass is 10.3. The van der Waals surface area contributed by atoms with Crippen LogP contribution in [0.5, 0.6) is 0 Å². The van der Waals surface area contributed by atoms with E-state index < -0.39 is 5.97 Å². The molecular weight excluding hydrogens is 380 g/mol. The lowest BCUT2D eigenvalue weighted by molar-refractivity contribution is -0.137. The van der Waals surface area contributed by atoms with E-state index in [1.165, 1.54) is 4.90 Å². The standard InChI is InChI=1S/C12H12Br2N2O3/c13-7-1-4-10(9(14)5-7)15-12(19)16(6-11(17)18)8-2-3-8/h1,4-5,8H,2-3,6H2,(H,15,19)(H,17,18). The van der Waals surface area contributed by atoms with Crippen LogP contribution in [0.15, 0.2) is 27.1 Å². The molecule has 1 saturated carbocycles. The van der Waals surface area contributed by atoms with Gasteiger partial charge in [-0.2, -0.15) is 0 Å². The van der Waals surface area contributed by atoms with Gasteiger partial charge in [0, 0.05) is 15.0 Å². The van der Waals surface area contributed by atoms with E-state index in [2.05, 4.69) is 37.2 Å². The summed E-state index contributed by atoms with van der Waals surface area (Å²) in [5, 5.41) is 11.5. The summed E-state index contributed by atoms with van der Waals surface area (Å²) in [5.74, 6) is -1.00. The van der Waals surface area contributed by atoms with E-state index in [-0.39, 0.29) is 18.6 Å². The van der Waals surface area contributed by atoms with Crippen molar-refractivity contribution < 1.29 is 14.7 Å². The molecule has 7 heteroatoms. The number of hydrogen-bond donors (Lipinski definition) is 2. The molecule has 0 atom stereocenters. The van der Waals surface area contributed by atoms with Crippen molar-refractivity contribution in [1.29, 1.82) is 0 Å². The van der Waals surface area contributed by atoms with Crippen LogP contribution in [0.3, 0.4) is 0 Å². The average molecular weight is 392 g/mol. The normalized spacial score (nSPS) is 14.0. The van der Waals surface area contributed by atoms with Crippen molar-refractivity contribution in [2.45, 2.75) is 18.9 Å². The number of halogens is 2. The van der Waals surface area contributed by atoms with Gasteiger partial charge in [0.15, 0.2) is 0 Å². The summed E-state index contributed by atoms with van der Waals surface area (Å²) in [5.41, 5.74) is 0.615. The third-order valence-corrected chi connectivity index (χ3v) is 3.88. The maximum atomic E-state index is 12.1. The zero-order chi connectivity index (χ0) is 14.0. The Labute approximate surface area is 127 Å². The van der Waals surface area contributed by atoms with Crippen molar-refractivity contribution in [2.24, 2.45) is 0 Å². The molecule has 1 aromatic rings. The van der Waals surface area contributed by atoms with Crippen LogP contribution in [-0.2, 0) is 4.79 Å². The Kier molecular flexibility index (Phi) is 4.46. The number of carboxylic acid groups (broad SMARTS) is 1. The second kappa shape index (κ2) is 5.92. The molecule has 0 aromatic heterocycles. The summed E-state index contributed by atoms with van der Waals surface area (Å²) in [6, 6.07) is 5.03. The second-order valence-electron chi connectivity index (χ2n) is 4.31. The van der Waals surface area contributed by atoms with Gasteiger partial charge in [-0.3, -0.25) is 4.79 Å². The van der Waals surface area contributed by atoms with Crippen molar-refractivity contribution in [3.63, 3.8) is 0 Å². The molecule has 0 aliphatic heterocycles. The summed E-state index contributed by atoms with van der Waals surface area (Å²) >= 11 is 6.68. The molecule has 0 spiro atoms. The molecule has 5 nitrogen and oxygen atoms in total. The summed E-state index contributed by atoms with van der Waals surface area (Å²) in [4.78, 5) is 24.2. The number of carboxylic acids is 1. The molecule has 1 aliphatic rings. The molecule has 0 unspecified atom stereocenters. The SMILES string of the molecule is O=C(O)CN(C(=O)Nc1ccc(Br)cc1Br)C1CC1. The fraction of sp³-hybridized carbons (Fsp3) is 0.333. The fourth-order valence-electron chi connectivity index (χ4n) is 1.68. The van der Waals surface area contributed by atoms with Gasteiger partial charge >= 0.3 is 12.0 Å². The van der Waals surface area contributed by atoms with Crippen molar-refractivity contribution in [3.05, 3.63) is 27.1 Å². The van der Waals surface area contributed by atoms with Crippen LogP contribution in [0, 0.1) is 0 Å². The van der Waals surface area contributed by atoms with Gasteiger partial charge in [-0.15, -0.1) is 0 Å². The number of rotatable bonds is 4. The van der Waals surface area contributed by atoms with Crippen molar-refractivity contribution >= 4 is 49.5 Å². The van der Waals surface area contributed by atoms with Gasteiger partial charge < -0.3 is 15.3 Å². The molecule has 2 rings (SSSR count). The van der Waals surface area contributed by atoms with E-state index in [9.17, 15) is 9.59 Å². The summed E-state index contributed by atoms with van der Waals surface area (Å²) in [6.07, 6.45) is 1.73. The zero-order valence-corrected chi connectivity index (χ0v) is 13.1. The number of hydrogen-bond acceptors (Lipinski definition) is 2. The minimum absolute atomic E-state index is 0.0466. The van der Waals surface area contributed by atoms with Crippen molar-refractivity contribution in [1.82, 2.24) is 4.90 Å². The quantitative estimate of drug-likeness (QED) is 0.827. The van der Waals surface area contributed by atoms with Gasteiger partial charge in [0.05, 0.1) is 5.69 Å². The Morgan fingerprint density at radius 3 is 2.58 bits per heavy atom. The molecule has 0 radical (unpaired) electrons. The van der Waals surface area contributed by atoms with Crippen LogP contribution in [-0.4, -0.2) is 34.6 Å². The topological polar surface area (TPSA) is 69.6 Å². The largest absolute Gasteiger partial charge is 0.480 e. The second-order valence-corrected chi connectivity index (χ2v) is 6.08. The highest BCUT2D eigenvalue weighted by Crippen LogP contribution is 2.29. The first-order valence-electron chi connectivity index (χ1n) is 5.72. The number of urea groups is 1. The highest BCUT2D eigenvalue weighted by atomic mass is 79.9. The van der Waals surface area contributed by atoms with Crippen LogP contribution in [0.2, 0.25) is 0 Å². The summed E-state index contributed by atoms with van der Waals surface area (Å²) < 4.78 is 1.63. The Bertz CT molecular complexity index is 518. The molecule has 19 heavy (non-hydrogen) atoms. The first kappa shape index (κ1) is 14.3. The van der Waals surface area contributed by atoms with E-state index in [0.29, 0.717) is 5.69 Å². The predicted molar refractivity (Wildman–Crippen MR) is 78.2 cm³/mol. The molecule has 102 valence electrons. The van der Waals surface area contributed by atoms with E-state index in [1.54, 1.807) is 12.1 Å². The van der Waals surface area contributed by atoms with Crippen LogP contribution in [0.25, 0.3) is 0 Å². The van der Waals surface area contributed by atoms with E-state index in [1.807, 2.05) is 6.07 Å². The van der Waals surface area contributed by atoms with Crippen LogP contribution in [0.4, 0.5) is 10.5 Å². The summed E-state index contributed by atoms with van der Waals surface area (Å²) in [6.45, 7) is -0.273. The number of amides is 2. The maximum Gasteiger partial charge on any atom is 0.323 e. The average Bonchev–Trinajstić information content (AvgIpc) is 3.13. The molecule has 1 aromatic carbocycles. The number of nitrogens with one attached hydrogen (secondary N) is 1. The third-order valence-electron chi connectivity index (χ3n) is 2.73. The molecule has 2 N–H and O–H groups in total. The molecule has 0 bridgehead atoms. The van der Waals surface area contributed by atoms with Crippen molar-refractivity contribution in [2.75, 3.05) is 11.9 Å². The predicted octanol–water partition coefficient (Wildman–Crippen LogP) is 3.29. The smallest absolute Gasteiger partial charge is 0.323 e. The fourth-order valence-corrected chi connectivity index (χ4v) is 2.82. The monoisotopic (exact) mass is 390 g/mol. The number of nitrogens with zero attached hydrogens (tertiary/aromatic N) is 1. The minimum Gasteiger partial charge on any atom is -0.480 e. The van der Waals surface area contributed by atoms with E-state index in [0.717, 1.165) is 21.8 Å². The highest BCUT2D eigenvalue weighted by Gasteiger charge is 2.34. The van der Waals surface area contributed by atoms with Gasteiger partial charge in [0.1, 0.15) is 6.54 Å². The Balaban J connectivity index is 2.07. The Morgan fingerprint density at radius 1 is 1.37 bits per heavy atom. The van der Waals surface area contributed by atoms with Crippen LogP contribution >= 0.6 is 31.9 Å². The van der Waals surface area contributed by atoms with E-state index in [4.69, 9.17) is 5.11 Å². The number of aliphatic carboxylic acids is 1. The van der Waals surface area contributed by atoms with Gasteiger partial charge in [0.2, 0.25) is 0 Å². The number of carbonyl (C=O) groups is 2. The van der Waals surface area contributed by atoms with Crippen LogP contribution < -0.4 is 5.32 Å². The first-order chi connectivity index (χ1) is 8.97. The summed E-state index contributed by atoms with van der Waals surface area (Å²) in [7, 11) is 0. The molecule has 0 heterocycles. The van der Waals surface area contributed by atoms with Gasteiger partial charge in [-0.1, -0.05) is 15.9 Å². The van der Waals surface area contributed by atoms with E-state index >= 15 is 0 Å². The number of anilines is 1. The van der Waals surface area contributed by atoms with Crippen LogP contribution in [0.1, 0.15) is 12.8 Å². The van der Waals surface area contributed by atoms with Gasteiger partial charge in [-0.25, -0.2) is 4.79 Å². The molecule has 0 saturated heterocycles. The first-order valence-corrected chi connectivity index (χ1v) is 7.30.